The highest BCUT2D eigenvalue weighted by atomic mass is 31.2. The Morgan fingerprint density at radius 1 is 0.544 bits per heavy atom. The molecule has 3 N–H and O–H groups in total. The number of allylic oxidation sites excluding steroid dienone is 6. The molecule has 0 aromatic carbocycles. The van der Waals surface area contributed by atoms with E-state index in [1.165, 1.54) is 116 Å². The molecule has 0 aromatic heterocycles. The molecule has 0 aliphatic rings. The quantitative estimate of drug-likeness (QED) is 0.0266. The second-order valence-electron chi connectivity index (χ2n) is 15.6. The van der Waals surface area contributed by atoms with Crippen LogP contribution in [0.25, 0.3) is 0 Å². The molecule has 0 amide bonds. The van der Waals surface area contributed by atoms with Crippen molar-refractivity contribution in [1.82, 2.24) is 0 Å². The molecule has 334 valence electrons. The molecule has 0 aliphatic heterocycles. The van der Waals surface area contributed by atoms with Crippen LogP contribution in [-0.2, 0) is 32.7 Å². The lowest BCUT2D eigenvalue weighted by Crippen LogP contribution is -2.29. The Bertz CT molecular complexity index is 1030. The van der Waals surface area contributed by atoms with Gasteiger partial charge in [0.25, 0.3) is 0 Å². The summed E-state index contributed by atoms with van der Waals surface area (Å²) in [5, 5.41) is 0. The zero-order chi connectivity index (χ0) is 41.8. The number of phosphoric acid groups is 1. The fraction of sp³-hybridized carbons (Fsp3) is 0.830. The van der Waals surface area contributed by atoms with Crippen LogP contribution in [0.2, 0.25) is 0 Å². The largest absolute Gasteiger partial charge is 0.472 e. The molecule has 0 aliphatic carbocycles. The van der Waals surface area contributed by atoms with Crippen molar-refractivity contribution in [2.24, 2.45) is 5.73 Å². The number of hydrogen-bond acceptors (Lipinski definition) is 8. The van der Waals surface area contributed by atoms with Crippen LogP contribution in [0.3, 0.4) is 0 Å². The van der Waals surface area contributed by atoms with Crippen molar-refractivity contribution in [2.45, 2.75) is 225 Å². The zero-order valence-electron chi connectivity index (χ0n) is 36.8. The number of phosphoric ester groups is 1. The van der Waals surface area contributed by atoms with Gasteiger partial charge < -0.3 is 20.1 Å². The average molecular weight is 826 g/mol. The summed E-state index contributed by atoms with van der Waals surface area (Å²) < 4.78 is 32.8. The molecule has 10 heteroatoms. The molecule has 0 bridgehead atoms. The summed E-state index contributed by atoms with van der Waals surface area (Å²) in [5.74, 6) is -0.840. The summed E-state index contributed by atoms with van der Waals surface area (Å²) in [6.45, 7) is 3.63. The van der Waals surface area contributed by atoms with Crippen LogP contribution in [0.4, 0.5) is 0 Å². The normalized spacial score (nSPS) is 13.5. The average Bonchev–Trinajstić information content (AvgIpc) is 3.20. The molecule has 0 radical (unpaired) electrons. The highest BCUT2D eigenvalue weighted by molar-refractivity contribution is 7.47. The minimum Gasteiger partial charge on any atom is -0.462 e. The molecule has 1 unspecified atom stereocenters. The van der Waals surface area contributed by atoms with Crippen LogP contribution in [0.5, 0.6) is 0 Å². The summed E-state index contributed by atoms with van der Waals surface area (Å²) in [6.07, 6.45) is 48.9. The molecule has 0 fully saturated rings. The Balaban J connectivity index is 4.07. The van der Waals surface area contributed by atoms with Gasteiger partial charge in [-0.05, 0) is 44.9 Å². The van der Waals surface area contributed by atoms with Crippen LogP contribution in [0, 0.1) is 0 Å². The third-order valence-electron chi connectivity index (χ3n) is 10.0. The maximum Gasteiger partial charge on any atom is 0.472 e. The van der Waals surface area contributed by atoms with Gasteiger partial charge in [-0.3, -0.25) is 18.6 Å². The van der Waals surface area contributed by atoms with E-state index in [2.05, 4.69) is 50.3 Å². The van der Waals surface area contributed by atoms with Gasteiger partial charge in [0.2, 0.25) is 0 Å². The summed E-state index contributed by atoms with van der Waals surface area (Å²) in [7, 11) is -4.38. The van der Waals surface area contributed by atoms with Gasteiger partial charge >= 0.3 is 19.8 Å². The second-order valence-corrected chi connectivity index (χ2v) is 17.1. The number of rotatable bonds is 44. The fourth-order valence-electron chi connectivity index (χ4n) is 6.59. The topological polar surface area (TPSA) is 134 Å². The number of carbonyl (C=O) groups is 2. The first kappa shape index (κ1) is 55.2. The lowest BCUT2D eigenvalue weighted by Gasteiger charge is -2.19. The van der Waals surface area contributed by atoms with Crippen molar-refractivity contribution in [3.8, 4) is 0 Å². The van der Waals surface area contributed by atoms with Crippen LogP contribution in [0.1, 0.15) is 219 Å². The van der Waals surface area contributed by atoms with Gasteiger partial charge in [0, 0.05) is 19.4 Å². The van der Waals surface area contributed by atoms with E-state index in [1.807, 2.05) is 0 Å². The molecule has 0 saturated carbocycles. The van der Waals surface area contributed by atoms with Gasteiger partial charge in [0.15, 0.2) is 6.10 Å². The maximum atomic E-state index is 12.6. The van der Waals surface area contributed by atoms with E-state index in [4.69, 9.17) is 24.3 Å². The van der Waals surface area contributed by atoms with Gasteiger partial charge in [0.1, 0.15) is 6.61 Å². The minimum absolute atomic E-state index is 0.0515. The Labute approximate surface area is 350 Å². The highest BCUT2D eigenvalue weighted by Gasteiger charge is 2.26. The van der Waals surface area contributed by atoms with Gasteiger partial charge in [-0.15, -0.1) is 0 Å². The number of nitrogens with two attached hydrogens (primary N) is 1. The Hall–Kier alpha value is -1.77. The first-order valence-corrected chi connectivity index (χ1v) is 25.0. The molecular formula is C47H88NO8P. The lowest BCUT2D eigenvalue weighted by molar-refractivity contribution is -0.161. The predicted molar refractivity (Wildman–Crippen MR) is 238 cm³/mol. The number of ether oxygens (including phenoxy) is 2. The van der Waals surface area contributed by atoms with Gasteiger partial charge in [-0.25, -0.2) is 4.57 Å². The Kier molecular flexibility index (Phi) is 42.4. The van der Waals surface area contributed by atoms with Gasteiger partial charge in [-0.2, -0.15) is 0 Å². The summed E-state index contributed by atoms with van der Waals surface area (Å²) in [6, 6.07) is 0. The molecule has 0 heterocycles. The second kappa shape index (κ2) is 43.8. The smallest absolute Gasteiger partial charge is 0.462 e. The maximum absolute atomic E-state index is 12.6. The monoisotopic (exact) mass is 826 g/mol. The molecule has 0 aromatic rings. The van der Waals surface area contributed by atoms with Crippen molar-refractivity contribution in [3.05, 3.63) is 36.5 Å². The number of hydrogen-bond donors (Lipinski definition) is 2. The standard InChI is InChI=1S/C47H88NO8P/c1-3-5-7-9-11-13-15-17-19-20-21-22-23-24-26-28-30-32-34-36-38-40-47(50)56-45(44-55-57(51,52)54-42-41-48)43-53-46(49)39-37-35-33-31-29-27-25-18-16-14-12-10-8-6-4-2/h6,8,12,14,18,25,45H,3-5,7,9-11,13,15-17,19-24,26-44,48H2,1-2H3,(H,51,52)/t45-/m1/s1. The molecular weight excluding hydrogens is 737 g/mol. The third kappa shape index (κ3) is 43.6. The first-order valence-electron chi connectivity index (χ1n) is 23.5. The van der Waals surface area contributed by atoms with Crippen molar-refractivity contribution in [3.63, 3.8) is 0 Å². The number of unbranched alkanes of at least 4 members (excludes halogenated alkanes) is 25. The predicted octanol–water partition coefficient (Wildman–Crippen LogP) is 13.7. The van der Waals surface area contributed by atoms with Crippen LogP contribution < -0.4 is 5.73 Å². The SMILES string of the molecule is CCC=CCC=CCC=CCCCCCCCC(=O)OC[C@H](COP(=O)(O)OCCN)OC(=O)CCCCCCCCCCCCCCCCCCCCCCC. The van der Waals surface area contributed by atoms with Crippen molar-refractivity contribution in [2.75, 3.05) is 26.4 Å². The van der Waals surface area contributed by atoms with Gasteiger partial charge in [-0.1, -0.05) is 198 Å². The highest BCUT2D eigenvalue weighted by Crippen LogP contribution is 2.43. The number of esters is 2. The minimum atomic E-state index is -4.38. The van der Waals surface area contributed by atoms with E-state index in [9.17, 15) is 19.0 Å². The molecule has 2 atom stereocenters. The summed E-state index contributed by atoms with van der Waals surface area (Å²) in [4.78, 5) is 34.9. The third-order valence-corrected chi connectivity index (χ3v) is 11.0. The molecule has 0 rings (SSSR count). The zero-order valence-corrected chi connectivity index (χ0v) is 37.7. The van der Waals surface area contributed by atoms with E-state index in [0.29, 0.717) is 12.8 Å². The van der Waals surface area contributed by atoms with Crippen molar-refractivity contribution >= 4 is 19.8 Å². The van der Waals surface area contributed by atoms with Crippen molar-refractivity contribution < 1.29 is 37.6 Å². The lowest BCUT2D eigenvalue weighted by atomic mass is 10.0. The molecule has 0 saturated heterocycles. The fourth-order valence-corrected chi connectivity index (χ4v) is 7.36. The molecule has 57 heavy (non-hydrogen) atoms. The summed E-state index contributed by atoms with van der Waals surface area (Å²) in [5.41, 5.74) is 5.35. The van der Waals surface area contributed by atoms with E-state index < -0.39 is 32.5 Å². The van der Waals surface area contributed by atoms with Crippen LogP contribution in [-0.4, -0.2) is 49.3 Å². The number of carbonyl (C=O) groups excluding carboxylic acids is 2. The van der Waals surface area contributed by atoms with Crippen molar-refractivity contribution in [1.29, 1.82) is 0 Å². The van der Waals surface area contributed by atoms with E-state index in [-0.39, 0.29) is 32.6 Å². The van der Waals surface area contributed by atoms with E-state index in [1.54, 1.807) is 0 Å². The van der Waals surface area contributed by atoms with E-state index in [0.717, 1.165) is 64.2 Å². The summed E-state index contributed by atoms with van der Waals surface area (Å²) >= 11 is 0. The molecule has 9 nitrogen and oxygen atoms in total. The van der Waals surface area contributed by atoms with Crippen LogP contribution >= 0.6 is 7.82 Å². The molecule has 0 spiro atoms. The van der Waals surface area contributed by atoms with Gasteiger partial charge in [0.05, 0.1) is 13.2 Å². The van der Waals surface area contributed by atoms with Crippen LogP contribution in [0.15, 0.2) is 36.5 Å². The Morgan fingerprint density at radius 3 is 1.44 bits per heavy atom. The van der Waals surface area contributed by atoms with E-state index >= 15 is 0 Å². The Morgan fingerprint density at radius 2 is 0.965 bits per heavy atom. The first-order chi connectivity index (χ1) is 27.8.